The topological polar surface area (TPSA) is 116 Å². The molecular formula is C17H13I4NO6. The number of phenolic OH excluding ortho intramolecular Hbond substituents is 1. The molecule has 0 saturated carbocycles. The number of halogens is 4. The molecule has 1 atom stereocenters. The van der Waals surface area contributed by atoms with Gasteiger partial charge < -0.3 is 20.1 Å². The summed E-state index contributed by atoms with van der Waals surface area (Å²) < 4.78 is 8.93. The summed E-state index contributed by atoms with van der Waals surface area (Å²) >= 11 is 8.29. The Kier molecular flexibility index (Phi) is 9.27. The molecule has 2 aromatic carbocycles. The second-order valence-electron chi connectivity index (χ2n) is 5.60. The van der Waals surface area contributed by atoms with Gasteiger partial charge in [0.25, 0.3) is 0 Å². The van der Waals surface area contributed by atoms with Crippen LogP contribution in [0.1, 0.15) is 5.56 Å². The third-order valence-electron chi connectivity index (χ3n) is 3.51. The van der Waals surface area contributed by atoms with Gasteiger partial charge in [-0.1, -0.05) is 0 Å². The Hall–Kier alpha value is -0.140. The number of carbonyl (C=O) groups is 2. The number of aliphatic carboxylic acids is 2. The van der Waals surface area contributed by atoms with E-state index in [-0.39, 0.29) is 12.2 Å². The minimum atomic E-state index is -1.11. The van der Waals surface area contributed by atoms with Crippen molar-refractivity contribution in [2.24, 2.45) is 0 Å². The van der Waals surface area contributed by atoms with Gasteiger partial charge in [-0.3, -0.25) is 14.9 Å². The van der Waals surface area contributed by atoms with E-state index in [0.717, 1.165) is 12.7 Å². The molecule has 0 fully saturated rings. The zero-order chi connectivity index (χ0) is 21.0. The van der Waals surface area contributed by atoms with E-state index in [1.54, 1.807) is 12.1 Å². The first kappa shape index (κ1) is 24.1. The number of hydrogen-bond donors (Lipinski definition) is 4. The summed E-state index contributed by atoms with van der Waals surface area (Å²) in [6.07, 6.45) is 0.143. The SMILES string of the molecule is O=C(O)CN[C@@H](Cc1cc(I)c(Oc2cc(I)c(O)c(I)c2)c(I)c1)C(=O)O. The number of aromatic hydroxyl groups is 1. The molecule has 0 aliphatic rings. The van der Waals surface area contributed by atoms with Crippen LogP contribution in [-0.4, -0.2) is 39.8 Å². The molecule has 2 rings (SSSR count). The van der Waals surface area contributed by atoms with Crippen LogP contribution in [0.5, 0.6) is 17.2 Å². The number of ether oxygens (including phenoxy) is 1. The highest BCUT2D eigenvalue weighted by atomic mass is 127. The summed E-state index contributed by atoms with van der Waals surface area (Å²) in [4.78, 5) is 22.1. The molecule has 0 unspecified atom stereocenters. The molecule has 0 saturated heterocycles. The molecule has 0 heterocycles. The number of nitrogens with one attached hydrogen (secondary N) is 1. The Morgan fingerprint density at radius 2 is 1.50 bits per heavy atom. The summed E-state index contributed by atoms with van der Waals surface area (Å²) in [5.41, 5.74) is 0.751. The van der Waals surface area contributed by atoms with E-state index in [2.05, 4.69) is 50.5 Å². The lowest BCUT2D eigenvalue weighted by atomic mass is 10.1. The third kappa shape index (κ3) is 6.69. The summed E-state index contributed by atoms with van der Waals surface area (Å²) in [5, 5.41) is 30.4. The van der Waals surface area contributed by atoms with E-state index < -0.39 is 24.5 Å². The van der Waals surface area contributed by atoms with Crippen molar-refractivity contribution in [2.75, 3.05) is 6.54 Å². The first-order valence-corrected chi connectivity index (χ1v) is 11.9. The molecule has 0 spiro atoms. The fourth-order valence-corrected chi connectivity index (χ4v) is 6.07. The molecule has 150 valence electrons. The van der Waals surface area contributed by atoms with Gasteiger partial charge in [0, 0.05) is 0 Å². The summed E-state index contributed by atoms with van der Waals surface area (Å²) in [5.74, 6) is -0.798. The van der Waals surface area contributed by atoms with Crippen LogP contribution >= 0.6 is 90.4 Å². The third-order valence-corrected chi connectivity index (χ3v) is 6.75. The van der Waals surface area contributed by atoms with Crippen LogP contribution < -0.4 is 10.1 Å². The van der Waals surface area contributed by atoms with E-state index in [4.69, 9.17) is 9.84 Å². The van der Waals surface area contributed by atoms with Gasteiger partial charge in [-0.25, -0.2) is 0 Å². The van der Waals surface area contributed by atoms with Crippen LogP contribution in [0.15, 0.2) is 24.3 Å². The second kappa shape index (κ2) is 10.8. The number of hydrogen-bond acceptors (Lipinski definition) is 5. The Labute approximate surface area is 215 Å². The van der Waals surface area contributed by atoms with E-state index in [1.165, 1.54) is 0 Å². The first-order chi connectivity index (χ1) is 13.1. The highest BCUT2D eigenvalue weighted by Gasteiger charge is 2.20. The van der Waals surface area contributed by atoms with Gasteiger partial charge in [-0.05, 0) is 127 Å². The van der Waals surface area contributed by atoms with Crippen molar-refractivity contribution >= 4 is 102 Å². The predicted octanol–water partition coefficient (Wildman–Crippen LogP) is 4.27. The van der Waals surface area contributed by atoms with Crippen LogP contribution in [-0.2, 0) is 16.0 Å². The maximum Gasteiger partial charge on any atom is 0.321 e. The Morgan fingerprint density at radius 1 is 0.964 bits per heavy atom. The quantitative estimate of drug-likeness (QED) is 0.294. The lowest BCUT2D eigenvalue weighted by Crippen LogP contribution is -2.41. The molecule has 0 aromatic heterocycles. The standard InChI is InChI=1S/C17H13I4NO6/c18-9-4-8(5-10(19)15(9)25)28-16-11(20)1-7(2-12(16)21)3-13(17(26)27)22-6-14(23)24/h1-2,4-5,13,22,25H,3,6H2,(H,23,24)(H,26,27)/t13-/m0/s1. The maximum atomic E-state index is 11.4. The normalized spacial score (nSPS) is 11.9. The predicted molar refractivity (Wildman–Crippen MR) is 136 cm³/mol. The van der Waals surface area contributed by atoms with Crippen molar-refractivity contribution in [3.05, 3.63) is 44.1 Å². The van der Waals surface area contributed by atoms with Crippen molar-refractivity contribution < 1.29 is 29.6 Å². The lowest BCUT2D eigenvalue weighted by Gasteiger charge is -2.16. The largest absolute Gasteiger partial charge is 0.506 e. The molecule has 0 aliphatic heterocycles. The fourth-order valence-electron chi connectivity index (χ4n) is 2.24. The summed E-state index contributed by atoms with van der Waals surface area (Å²) in [6.45, 7) is -0.426. The first-order valence-electron chi connectivity index (χ1n) is 7.60. The number of benzene rings is 2. The second-order valence-corrected chi connectivity index (χ2v) is 10.2. The van der Waals surface area contributed by atoms with Crippen molar-refractivity contribution in [3.8, 4) is 17.2 Å². The van der Waals surface area contributed by atoms with Gasteiger partial charge in [0.1, 0.15) is 17.5 Å². The number of phenols is 1. The van der Waals surface area contributed by atoms with Gasteiger partial charge in [0.15, 0.2) is 5.75 Å². The molecule has 28 heavy (non-hydrogen) atoms. The summed E-state index contributed by atoms with van der Waals surface area (Å²) in [6, 6.07) is 6.08. The van der Waals surface area contributed by atoms with Crippen LogP contribution in [0.4, 0.5) is 0 Å². The highest BCUT2D eigenvalue weighted by Crippen LogP contribution is 2.36. The van der Waals surface area contributed by atoms with Gasteiger partial charge in [0.2, 0.25) is 0 Å². The van der Waals surface area contributed by atoms with Crippen molar-refractivity contribution in [3.63, 3.8) is 0 Å². The van der Waals surface area contributed by atoms with Crippen LogP contribution in [0.25, 0.3) is 0 Å². The Morgan fingerprint density at radius 3 is 1.96 bits per heavy atom. The number of carboxylic acid groups (broad SMARTS) is 2. The lowest BCUT2D eigenvalue weighted by molar-refractivity contribution is -0.140. The van der Waals surface area contributed by atoms with E-state index in [0.29, 0.717) is 18.6 Å². The van der Waals surface area contributed by atoms with Gasteiger partial charge >= 0.3 is 11.9 Å². The number of carboxylic acids is 2. The number of rotatable bonds is 8. The molecular weight excluding hydrogens is 822 g/mol. The van der Waals surface area contributed by atoms with E-state index in [9.17, 15) is 19.8 Å². The molecule has 0 amide bonds. The van der Waals surface area contributed by atoms with Crippen molar-refractivity contribution in [2.45, 2.75) is 12.5 Å². The zero-order valence-corrected chi connectivity index (χ0v) is 22.5. The molecule has 4 N–H and O–H groups in total. The van der Waals surface area contributed by atoms with Crippen molar-refractivity contribution in [1.82, 2.24) is 5.32 Å². The Bertz CT molecular complexity index is 875. The average molecular weight is 835 g/mol. The minimum absolute atomic E-state index is 0.143. The van der Waals surface area contributed by atoms with Gasteiger partial charge in [-0.2, -0.15) is 0 Å². The molecule has 11 heteroatoms. The van der Waals surface area contributed by atoms with Gasteiger partial charge in [-0.15, -0.1) is 0 Å². The van der Waals surface area contributed by atoms with E-state index in [1.807, 2.05) is 57.3 Å². The summed E-state index contributed by atoms with van der Waals surface area (Å²) in [7, 11) is 0. The Balaban J connectivity index is 2.24. The molecule has 7 nitrogen and oxygen atoms in total. The maximum absolute atomic E-state index is 11.4. The highest BCUT2D eigenvalue weighted by molar-refractivity contribution is 14.1. The molecule has 0 bridgehead atoms. The van der Waals surface area contributed by atoms with Gasteiger partial charge in [0.05, 0.1) is 20.8 Å². The molecule has 2 aromatic rings. The fraction of sp³-hybridized carbons (Fsp3) is 0.176. The van der Waals surface area contributed by atoms with Crippen molar-refractivity contribution in [1.29, 1.82) is 0 Å². The minimum Gasteiger partial charge on any atom is -0.506 e. The monoisotopic (exact) mass is 835 g/mol. The zero-order valence-electron chi connectivity index (χ0n) is 13.9. The van der Waals surface area contributed by atoms with E-state index >= 15 is 0 Å². The molecule has 0 aliphatic carbocycles. The van der Waals surface area contributed by atoms with Crippen LogP contribution in [0.3, 0.4) is 0 Å². The average Bonchev–Trinajstić information content (AvgIpc) is 2.59. The molecule has 0 radical (unpaired) electrons. The smallest absolute Gasteiger partial charge is 0.321 e. The van der Waals surface area contributed by atoms with Crippen LogP contribution in [0, 0.1) is 14.3 Å². The van der Waals surface area contributed by atoms with Crippen LogP contribution in [0.2, 0.25) is 0 Å².